The van der Waals surface area contributed by atoms with E-state index in [4.69, 9.17) is 0 Å². The number of benzene rings is 3. The van der Waals surface area contributed by atoms with E-state index in [0.717, 1.165) is 17.7 Å². The molecule has 1 fully saturated rings. The van der Waals surface area contributed by atoms with Crippen molar-refractivity contribution in [1.82, 2.24) is 4.90 Å². The van der Waals surface area contributed by atoms with Crippen molar-refractivity contribution in [2.45, 2.75) is 19.9 Å². The molecule has 0 atom stereocenters. The molecule has 0 unspecified atom stereocenters. The normalized spacial score (nSPS) is 15.2. The van der Waals surface area contributed by atoms with Gasteiger partial charge in [-0.2, -0.15) is 0 Å². The fraction of sp³-hybridized carbons (Fsp3) is 0.120. The number of aromatic hydroxyl groups is 2. The van der Waals surface area contributed by atoms with Gasteiger partial charge in [0.15, 0.2) is 0 Å². The molecule has 1 amide bonds. The van der Waals surface area contributed by atoms with E-state index in [-0.39, 0.29) is 17.4 Å². The van der Waals surface area contributed by atoms with Gasteiger partial charge in [-0.3, -0.25) is 0 Å². The molecule has 2 N–H and O–H groups in total. The molecule has 3 aromatic carbocycles. The first kappa shape index (κ1) is 20.9. The molecule has 6 heteroatoms. The van der Waals surface area contributed by atoms with Gasteiger partial charge >= 0.3 is 189 Å². The third-order valence-electron chi connectivity index (χ3n) is 5.15. The topological polar surface area (TPSA) is 64.0 Å². The Hall–Kier alpha value is -3.34. The van der Waals surface area contributed by atoms with Crippen molar-refractivity contribution >= 4 is 37.9 Å². The van der Waals surface area contributed by atoms with E-state index in [0.29, 0.717) is 22.5 Å². The van der Waals surface area contributed by atoms with Crippen molar-refractivity contribution in [2.24, 2.45) is 0 Å². The van der Waals surface area contributed by atoms with Gasteiger partial charge in [-0.05, 0) is 0 Å². The summed E-state index contributed by atoms with van der Waals surface area (Å²) in [5, 5.41) is 19.7. The third kappa shape index (κ3) is 4.41. The van der Waals surface area contributed by atoms with Crippen LogP contribution in [0, 0.1) is 0 Å². The summed E-state index contributed by atoms with van der Waals surface area (Å²) < 4.78 is 0.675. The van der Waals surface area contributed by atoms with Gasteiger partial charge in [-0.25, -0.2) is 0 Å². The summed E-state index contributed by atoms with van der Waals surface area (Å²) in [6, 6.07) is 22.1. The molecule has 0 aromatic heterocycles. The molecule has 0 saturated carbocycles. The SMILES string of the molecule is CCc1ccc(N2C(=O)C(=Cc3cc(O)cc(O)c3)N(Cc3ccccc3)C2=[Se])cc1. The van der Waals surface area contributed by atoms with E-state index in [2.05, 4.69) is 22.5 Å². The Balaban J connectivity index is 1.77. The van der Waals surface area contributed by atoms with E-state index in [1.807, 2.05) is 59.5 Å². The van der Waals surface area contributed by atoms with Crippen LogP contribution in [0.3, 0.4) is 0 Å². The Morgan fingerprint density at radius 3 is 2.16 bits per heavy atom. The van der Waals surface area contributed by atoms with Gasteiger partial charge in [0, 0.05) is 0 Å². The molecule has 1 aliphatic rings. The van der Waals surface area contributed by atoms with Crippen molar-refractivity contribution < 1.29 is 15.0 Å². The molecule has 1 heterocycles. The predicted octanol–water partition coefficient (Wildman–Crippen LogP) is 3.81. The van der Waals surface area contributed by atoms with Crippen LogP contribution in [0.25, 0.3) is 6.08 Å². The summed E-state index contributed by atoms with van der Waals surface area (Å²) >= 11 is 3.06. The van der Waals surface area contributed by atoms with Crippen molar-refractivity contribution in [2.75, 3.05) is 4.90 Å². The van der Waals surface area contributed by atoms with Crippen molar-refractivity contribution in [3.8, 4) is 11.5 Å². The van der Waals surface area contributed by atoms with Crippen molar-refractivity contribution in [3.05, 3.63) is 95.2 Å². The fourth-order valence-corrected chi connectivity index (χ4v) is 4.30. The molecular weight excluding hydrogens is 455 g/mol. The zero-order valence-corrected chi connectivity index (χ0v) is 18.7. The average Bonchev–Trinajstić information content (AvgIpc) is 2.98. The van der Waals surface area contributed by atoms with E-state index >= 15 is 0 Å². The van der Waals surface area contributed by atoms with Gasteiger partial charge in [-0.15, -0.1) is 0 Å². The number of carbonyl (C=O) groups is 1. The maximum absolute atomic E-state index is 13.5. The zero-order chi connectivity index (χ0) is 22.0. The van der Waals surface area contributed by atoms with E-state index in [1.165, 1.54) is 23.8 Å². The van der Waals surface area contributed by atoms with Crippen LogP contribution in [0.1, 0.15) is 23.6 Å². The molecule has 3 aromatic rings. The predicted molar refractivity (Wildman–Crippen MR) is 124 cm³/mol. The maximum atomic E-state index is 13.5. The molecule has 0 radical (unpaired) electrons. The minimum absolute atomic E-state index is 0.0637. The van der Waals surface area contributed by atoms with E-state index < -0.39 is 0 Å². The van der Waals surface area contributed by atoms with Gasteiger partial charge in [-0.1, -0.05) is 0 Å². The quantitative estimate of drug-likeness (QED) is 0.434. The first-order valence-electron chi connectivity index (χ1n) is 10.00. The Morgan fingerprint density at radius 1 is 0.903 bits per heavy atom. The second-order valence-corrected chi connectivity index (χ2v) is 8.09. The van der Waals surface area contributed by atoms with Crippen LogP contribution in [-0.2, 0) is 17.8 Å². The van der Waals surface area contributed by atoms with Gasteiger partial charge in [0.2, 0.25) is 0 Å². The van der Waals surface area contributed by atoms with Gasteiger partial charge in [0.1, 0.15) is 0 Å². The Kier molecular flexibility index (Phi) is 5.94. The summed E-state index contributed by atoms with van der Waals surface area (Å²) in [5.41, 5.74) is 4.01. The van der Waals surface area contributed by atoms with Crippen LogP contribution in [-0.4, -0.2) is 41.3 Å². The number of aryl methyl sites for hydroxylation is 1. The molecule has 0 bridgehead atoms. The van der Waals surface area contributed by atoms with E-state index in [9.17, 15) is 15.0 Å². The van der Waals surface area contributed by atoms with Crippen LogP contribution < -0.4 is 4.90 Å². The molecule has 1 aliphatic heterocycles. The van der Waals surface area contributed by atoms with Crippen LogP contribution >= 0.6 is 0 Å². The number of amides is 1. The second-order valence-electron chi connectivity index (χ2n) is 7.33. The minimum atomic E-state index is -0.184. The standard InChI is InChI=1S/C25H22N2O3Se/c1-2-17-8-10-20(11-9-17)27-24(30)23(14-19-12-21(28)15-22(29)13-19)26(25(27)31)16-18-6-4-3-5-7-18/h3-15,28-29H,2,16H2,1H3. The van der Waals surface area contributed by atoms with Crippen LogP contribution in [0.4, 0.5) is 5.69 Å². The average molecular weight is 477 g/mol. The Bertz CT molecular complexity index is 1140. The van der Waals surface area contributed by atoms with Crippen LogP contribution in [0.5, 0.6) is 11.5 Å². The molecule has 156 valence electrons. The molecule has 5 nitrogen and oxygen atoms in total. The molecule has 31 heavy (non-hydrogen) atoms. The number of anilines is 1. The van der Waals surface area contributed by atoms with Gasteiger partial charge < -0.3 is 0 Å². The van der Waals surface area contributed by atoms with Gasteiger partial charge in [0.05, 0.1) is 0 Å². The number of phenols is 2. The summed E-state index contributed by atoms with van der Waals surface area (Å²) in [5.74, 6) is -0.311. The molecule has 0 aliphatic carbocycles. The first-order chi connectivity index (χ1) is 15.0. The Morgan fingerprint density at radius 2 is 1.55 bits per heavy atom. The number of rotatable bonds is 5. The van der Waals surface area contributed by atoms with Crippen molar-refractivity contribution in [3.63, 3.8) is 0 Å². The third-order valence-corrected chi connectivity index (χ3v) is 6.00. The van der Waals surface area contributed by atoms with Crippen LogP contribution in [0.15, 0.2) is 78.5 Å². The van der Waals surface area contributed by atoms with Gasteiger partial charge in [0.25, 0.3) is 0 Å². The number of hydrogen-bond acceptors (Lipinski definition) is 4. The summed E-state index contributed by atoms with van der Waals surface area (Å²) in [6.07, 6.45) is 2.61. The summed E-state index contributed by atoms with van der Waals surface area (Å²) in [4.78, 5) is 17.1. The van der Waals surface area contributed by atoms with E-state index in [1.54, 1.807) is 11.0 Å². The number of hydrogen-bond donors (Lipinski definition) is 2. The first-order valence-corrected chi connectivity index (χ1v) is 10.9. The molecular formula is C25H22N2O3Se. The summed E-state index contributed by atoms with van der Waals surface area (Å²) in [7, 11) is 0. The number of phenolic OH excluding ortho intramolecular Hbond substituents is 2. The molecule has 0 spiro atoms. The van der Waals surface area contributed by atoms with Crippen molar-refractivity contribution in [1.29, 1.82) is 0 Å². The summed E-state index contributed by atoms with van der Waals surface area (Å²) in [6.45, 7) is 2.59. The Labute approximate surface area is 189 Å². The van der Waals surface area contributed by atoms with Crippen LogP contribution in [0.2, 0.25) is 0 Å². The fourth-order valence-electron chi connectivity index (χ4n) is 3.57. The molecule has 1 saturated heterocycles. The number of nitrogens with zero attached hydrogens (tertiary/aromatic N) is 2. The molecule has 4 rings (SSSR count). The number of carbonyl (C=O) groups excluding carboxylic acids is 1. The zero-order valence-electron chi connectivity index (χ0n) is 17.0. The monoisotopic (exact) mass is 478 g/mol. The second kappa shape index (κ2) is 8.80.